The Morgan fingerprint density at radius 3 is 1.81 bits per heavy atom. The topological polar surface area (TPSA) is 100 Å². The van der Waals surface area contributed by atoms with E-state index in [0.29, 0.717) is 19.3 Å². The number of alkyl halides is 2. The maximum atomic E-state index is 11.9. The van der Waals surface area contributed by atoms with Gasteiger partial charge in [-0.3, -0.25) is 9.59 Å². The van der Waals surface area contributed by atoms with Crippen LogP contribution >= 0.6 is 23.2 Å². The van der Waals surface area contributed by atoms with E-state index in [0.717, 1.165) is 0 Å². The smallest absolute Gasteiger partial charge is 0.320 e. The number of nitriles is 2. The first-order chi connectivity index (χ1) is 12.1. The average molecular weight is 405 g/mol. The van der Waals surface area contributed by atoms with Gasteiger partial charge in [-0.25, -0.2) is 0 Å². The van der Waals surface area contributed by atoms with E-state index in [1.807, 2.05) is 6.07 Å². The molecule has 0 radical (unpaired) electrons. The predicted octanol–water partition coefficient (Wildman–Crippen LogP) is 4.15. The standard InChI is InChI=1S/C18H26Cl2N2O4/c1-5-25-15(23)13(16(24)26-6-2)9-7-8-10-14(17(3,4)11-21)18(19,20)12-22/h13-14H,5-10H2,1-4H3. The van der Waals surface area contributed by atoms with Crippen molar-refractivity contribution in [2.75, 3.05) is 13.2 Å². The second kappa shape index (κ2) is 11.3. The van der Waals surface area contributed by atoms with Crippen molar-refractivity contribution in [3.63, 3.8) is 0 Å². The number of hydrogen-bond donors (Lipinski definition) is 0. The SMILES string of the molecule is CCOC(=O)C(CCCCC(C(C)(C)C#N)C(Cl)(Cl)C#N)C(=O)OCC. The number of halogens is 2. The Morgan fingerprint density at radius 2 is 1.42 bits per heavy atom. The number of carbonyl (C=O) groups excluding carboxylic acids is 2. The third kappa shape index (κ3) is 7.40. The van der Waals surface area contributed by atoms with Gasteiger partial charge in [0, 0.05) is 5.92 Å². The highest BCUT2D eigenvalue weighted by Gasteiger charge is 2.45. The van der Waals surface area contributed by atoms with Gasteiger partial charge in [0.15, 0.2) is 5.92 Å². The van der Waals surface area contributed by atoms with Crippen LogP contribution in [0.4, 0.5) is 0 Å². The molecule has 26 heavy (non-hydrogen) atoms. The molecule has 0 saturated heterocycles. The first-order valence-corrected chi connectivity index (χ1v) is 9.36. The maximum absolute atomic E-state index is 11.9. The van der Waals surface area contributed by atoms with Gasteiger partial charge in [-0.2, -0.15) is 10.5 Å². The molecule has 0 fully saturated rings. The average Bonchev–Trinajstić information content (AvgIpc) is 2.57. The van der Waals surface area contributed by atoms with E-state index >= 15 is 0 Å². The number of esters is 2. The molecule has 6 nitrogen and oxygen atoms in total. The van der Waals surface area contributed by atoms with E-state index < -0.39 is 33.5 Å². The van der Waals surface area contributed by atoms with Gasteiger partial charge < -0.3 is 9.47 Å². The van der Waals surface area contributed by atoms with Gasteiger partial charge in [0.1, 0.15) is 6.07 Å². The molecule has 0 aromatic heterocycles. The van der Waals surface area contributed by atoms with Gasteiger partial charge in [-0.15, -0.1) is 0 Å². The minimum Gasteiger partial charge on any atom is -0.465 e. The molecule has 0 aromatic carbocycles. The zero-order valence-electron chi connectivity index (χ0n) is 15.7. The Morgan fingerprint density at radius 1 is 0.962 bits per heavy atom. The number of ether oxygens (including phenoxy) is 2. The molecule has 0 rings (SSSR count). The number of rotatable bonds is 11. The summed E-state index contributed by atoms with van der Waals surface area (Å²) in [7, 11) is 0. The van der Waals surface area contributed by atoms with Gasteiger partial charge in [0.25, 0.3) is 0 Å². The van der Waals surface area contributed by atoms with Crippen LogP contribution in [-0.4, -0.2) is 29.5 Å². The Balaban J connectivity index is 4.93. The van der Waals surface area contributed by atoms with Crippen molar-refractivity contribution in [1.29, 1.82) is 10.5 Å². The molecule has 146 valence electrons. The highest BCUT2D eigenvalue weighted by molar-refractivity contribution is 6.50. The van der Waals surface area contributed by atoms with Crippen LogP contribution < -0.4 is 0 Å². The first-order valence-electron chi connectivity index (χ1n) is 8.60. The Kier molecular flexibility index (Phi) is 10.6. The molecule has 0 bridgehead atoms. The monoisotopic (exact) mass is 404 g/mol. The fourth-order valence-electron chi connectivity index (χ4n) is 2.67. The summed E-state index contributed by atoms with van der Waals surface area (Å²) >= 11 is 12.2. The van der Waals surface area contributed by atoms with Crippen molar-refractivity contribution in [1.82, 2.24) is 0 Å². The second-order valence-electron chi connectivity index (χ2n) is 6.46. The molecule has 0 aliphatic rings. The maximum Gasteiger partial charge on any atom is 0.320 e. The summed E-state index contributed by atoms with van der Waals surface area (Å²) in [6.07, 6.45) is 1.69. The Bertz CT molecular complexity index is 521. The van der Waals surface area contributed by atoms with E-state index in [9.17, 15) is 20.1 Å². The number of hydrogen-bond acceptors (Lipinski definition) is 6. The van der Waals surface area contributed by atoms with Crippen LogP contribution in [-0.2, 0) is 19.1 Å². The van der Waals surface area contributed by atoms with Crippen molar-refractivity contribution < 1.29 is 19.1 Å². The number of carbonyl (C=O) groups is 2. The van der Waals surface area contributed by atoms with Crippen LogP contribution in [0.5, 0.6) is 0 Å². The van der Waals surface area contributed by atoms with Crippen molar-refractivity contribution in [2.45, 2.75) is 57.7 Å². The lowest BCUT2D eigenvalue weighted by atomic mass is 9.75. The summed E-state index contributed by atoms with van der Waals surface area (Å²) < 4.78 is 8.16. The van der Waals surface area contributed by atoms with Crippen LogP contribution in [0.1, 0.15) is 53.4 Å². The summed E-state index contributed by atoms with van der Waals surface area (Å²) in [5.74, 6) is -2.79. The summed E-state index contributed by atoms with van der Waals surface area (Å²) in [5, 5.41) is 18.5. The summed E-state index contributed by atoms with van der Waals surface area (Å²) in [5.41, 5.74) is -0.902. The van der Waals surface area contributed by atoms with Crippen LogP contribution in [0.3, 0.4) is 0 Å². The summed E-state index contributed by atoms with van der Waals surface area (Å²) in [6.45, 7) is 7.03. The molecule has 0 spiro atoms. The zero-order chi connectivity index (χ0) is 20.4. The normalized spacial score (nSPS) is 12.8. The van der Waals surface area contributed by atoms with Gasteiger partial charge in [-0.05, 0) is 40.5 Å². The molecule has 1 atom stereocenters. The molecule has 0 saturated carbocycles. The van der Waals surface area contributed by atoms with E-state index in [4.69, 9.17) is 32.7 Å². The number of unbranched alkanes of at least 4 members (excludes halogenated alkanes) is 1. The van der Waals surface area contributed by atoms with Crippen molar-refractivity contribution >= 4 is 35.1 Å². The first kappa shape index (κ1) is 24.5. The van der Waals surface area contributed by atoms with E-state index in [-0.39, 0.29) is 19.6 Å². The number of nitrogens with zero attached hydrogens (tertiary/aromatic N) is 2. The van der Waals surface area contributed by atoms with Crippen LogP contribution in [0.25, 0.3) is 0 Å². The quantitative estimate of drug-likeness (QED) is 0.222. The highest BCUT2D eigenvalue weighted by Crippen LogP contribution is 2.44. The predicted molar refractivity (Wildman–Crippen MR) is 98.2 cm³/mol. The minimum absolute atomic E-state index is 0.177. The lowest BCUT2D eigenvalue weighted by Crippen LogP contribution is -2.36. The molecule has 0 N–H and O–H groups in total. The van der Waals surface area contributed by atoms with Gasteiger partial charge >= 0.3 is 11.9 Å². The molecule has 8 heteroatoms. The third-order valence-electron chi connectivity index (χ3n) is 4.12. The molecule has 0 aliphatic heterocycles. The molecule has 0 aliphatic carbocycles. The Hall–Kier alpha value is -1.50. The fraction of sp³-hybridized carbons (Fsp3) is 0.778. The van der Waals surface area contributed by atoms with Gasteiger partial charge in [0.2, 0.25) is 4.33 Å². The summed E-state index contributed by atoms with van der Waals surface area (Å²) in [4.78, 5) is 23.9. The van der Waals surface area contributed by atoms with Gasteiger partial charge in [0.05, 0.1) is 24.7 Å². The summed E-state index contributed by atoms with van der Waals surface area (Å²) in [6, 6.07) is 3.97. The fourth-order valence-corrected chi connectivity index (χ4v) is 3.43. The molecular weight excluding hydrogens is 379 g/mol. The minimum atomic E-state index is -1.69. The van der Waals surface area contributed by atoms with E-state index in [1.165, 1.54) is 0 Å². The molecule has 1 unspecified atom stereocenters. The Labute approximate surface area is 165 Å². The second-order valence-corrected chi connectivity index (χ2v) is 7.85. The lowest BCUT2D eigenvalue weighted by molar-refractivity contribution is -0.162. The van der Waals surface area contributed by atoms with Crippen LogP contribution in [0.2, 0.25) is 0 Å². The molecule has 0 aromatic rings. The van der Waals surface area contributed by atoms with Gasteiger partial charge in [-0.1, -0.05) is 36.0 Å². The molecule has 0 heterocycles. The lowest BCUT2D eigenvalue weighted by Gasteiger charge is -2.33. The largest absolute Gasteiger partial charge is 0.465 e. The zero-order valence-corrected chi connectivity index (χ0v) is 17.2. The van der Waals surface area contributed by atoms with E-state index in [2.05, 4.69) is 6.07 Å². The third-order valence-corrected chi connectivity index (χ3v) is 4.82. The highest BCUT2D eigenvalue weighted by atomic mass is 35.5. The van der Waals surface area contributed by atoms with Crippen molar-refractivity contribution in [3.8, 4) is 12.1 Å². The van der Waals surface area contributed by atoms with Crippen molar-refractivity contribution in [2.24, 2.45) is 17.3 Å². The molecular formula is C18H26Cl2N2O4. The molecule has 0 amide bonds. The van der Waals surface area contributed by atoms with Crippen LogP contribution in [0, 0.1) is 39.9 Å². The van der Waals surface area contributed by atoms with E-state index in [1.54, 1.807) is 27.7 Å². The van der Waals surface area contributed by atoms with Crippen molar-refractivity contribution in [3.05, 3.63) is 0 Å². The van der Waals surface area contributed by atoms with Crippen LogP contribution in [0.15, 0.2) is 0 Å².